The van der Waals surface area contributed by atoms with Crippen molar-refractivity contribution < 1.29 is 9.47 Å². The third-order valence-corrected chi connectivity index (χ3v) is 3.39. The molecule has 1 rings (SSSR count). The standard InChI is InChI=1S/C15H26N4O2S/c1-4-5-6-7-8-9-10-16-15(22)19-14-17-12(20-2)11-13(18-14)21-3/h11H,4-10H2,1-3H3,(H2,16,17,18,19,22). The second-order valence-electron chi connectivity index (χ2n) is 4.92. The molecule has 0 fully saturated rings. The number of hydrogen-bond donors (Lipinski definition) is 2. The van der Waals surface area contributed by atoms with Crippen molar-refractivity contribution in [3.05, 3.63) is 6.07 Å². The van der Waals surface area contributed by atoms with Gasteiger partial charge in [0.1, 0.15) is 0 Å². The Morgan fingerprint density at radius 3 is 2.23 bits per heavy atom. The van der Waals surface area contributed by atoms with Crippen molar-refractivity contribution in [3.63, 3.8) is 0 Å². The molecule has 0 amide bonds. The summed E-state index contributed by atoms with van der Waals surface area (Å²) in [4.78, 5) is 8.33. The monoisotopic (exact) mass is 326 g/mol. The maximum absolute atomic E-state index is 5.23. The van der Waals surface area contributed by atoms with Gasteiger partial charge < -0.3 is 20.1 Å². The maximum atomic E-state index is 5.23. The Bertz CT molecular complexity index is 435. The molecule has 0 aliphatic heterocycles. The van der Waals surface area contributed by atoms with E-state index in [9.17, 15) is 0 Å². The van der Waals surface area contributed by atoms with Gasteiger partial charge in [-0.3, -0.25) is 0 Å². The first kappa shape index (κ1) is 18.4. The molecule has 1 aromatic rings. The molecule has 2 N–H and O–H groups in total. The minimum Gasteiger partial charge on any atom is -0.481 e. The summed E-state index contributed by atoms with van der Waals surface area (Å²) in [6.07, 6.45) is 7.52. The van der Waals surface area contributed by atoms with Crippen molar-refractivity contribution in [2.75, 3.05) is 26.1 Å². The summed E-state index contributed by atoms with van der Waals surface area (Å²) < 4.78 is 10.2. The molecule has 0 aromatic carbocycles. The molecule has 6 nitrogen and oxygen atoms in total. The minimum absolute atomic E-state index is 0.358. The van der Waals surface area contributed by atoms with Crippen LogP contribution in [0.3, 0.4) is 0 Å². The van der Waals surface area contributed by atoms with Crippen LogP contribution in [0, 0.1) is 0 Å². The van der Waals surface area contributed by atoms with Gasteiger partial charge in [-0.2, -0.15) is 9.97 Å². The van der Waals surface area contributed by atoms with Gasteiger partial charge in [0.2, 0.25) is 17.7 Å². The molecule has 0 radical (unpaired) electrons. The van der Waals surface area contributed by atoms with Crippen LogP contribution in [0.4, 0.5) is 5.95 Å². The highest BCUT2D eigenvalue weighted by Gasteiger charge is 2.06. The van der Waals surface area contributed by atoms with Crippen LogP contribution in [0.1, 0.15) is 45.4 Å². The van der Waals surface area contributed by atoms with Crippen LogP contribution in [-0.2, 0) is 0 Å². The number of methoxy groups -OCH3 is 2. The summed E-state index contributed by atoms with van der Waals surface area (Å²) in [5, 5.41) is 6.60. The van der Waals surface area contributed by atoms with Crippen molar-refractivity contribution in [2.45, 2.75) is 45.4 Å². The number of rotatable bonds is 10. The largest absolute Gasteiger partial charge is 0.481 e. The van der Waals surface area contributed by atoms with Gasteiger partial charge in [0.15, 0.2) is 5.11 Å². The van der Waals surface area contributed by atoms with Gasteiger partial charge in [-0.05, 0) is 18.6 Å². The molecule has 0 bridgehead atoms. The molecule has 0 saturated heterocycles. The highest BCUT2D eigenvalue weighted by molar-refractivity contribution is 7.80. The highest BCUT2D eigenvalue weighted by atomic mass is 32.1. The first-order valence-electron chi connectivity index (χ1n) is 7.71. The molecule has 1 aromatic heterocycles. The maximum Gasteiger partial charge on any atom is 0.235 e. The zero-order valence-corrected chi connectivity index (χ0v) is 14.5. The van der Waals surface area contributed by atoms with Crippen LogP contribution in [0.5, 0.6) is 11.8 Å². The first-order chi connectivity index (χ1) is 10.7. The predicted molar refractivity (Wildman–Crippen MR) is 92.7 cm³/mol. The molecule has 0 aliphatic rings. The summed E-state index contributed by atoms with van der Waals surface area (Å²) in [5.41, 5.74) is 0. The third kappa shape index (κ3) is 7.40. The van der Waals surface area contributed by atoms with Crippen molar-refractivity contribution in [1.82, 2.24) is 15.3 Å². The normalized spacial score (nSPS) is 10.1. The zero-order chi connectivity index (χ0) is 16.2. The summed E-state index contributed by atoms with van der Waals surface area (Å²) in [6.45, 7) is 3.07. The van der Waals surface area contributed by atoms with E-state index in [1.54, 1.807) is 20.3 Å². The molecule has 0 saturated carbocycles. The van der Waals surface area contributed by atoms with E-state index in [1.807, 2.05) is 0 Å². The number of ether oxygens (including phenoxy) is 2. The summed E-state index contributed by atoms with van der Waals surface area (Å²) in [5.74, 6) is 1.21. The van der Waals surface area contributed by atoms with Crippen LogP contribution in [0.2, 0.25) is 0 Å². The van der Waals surface area contributed by atoms with E-state index in [1.165, 1.54) is 32.1 Å². The van der Waals surface area contributed by atoms with Gasteiger partial charge in [-0.15, -0.1) is 0 Å². The smallest absolute Gasteiger partial charge is 0.235 e. The van der Waals surface area contributed by atoms with Crippen LogP contribution in [0.15, 0.2) is 6.07 Å². The van der Waals surface area contributed by atoms with Gasteiger partial charge in [0, 0.05) is 6.54 Å². The van der Waals surface area contributed by atoms with Crippen LogP contribution >= 0.6 is 12.2 Å². The molecular formula is C15H26N4O2S. The first-order valence-corrected chi connectivity index (χ1v) is 8.12. The quantitative estimate of drug-likeness (QED) is 0.505. The van der Waals surface area contributed by atoms with Crippen molar-refractivity contribution in [3.8, 4) is 11.8 Å². The Kier molecular flexibility index (Phi) is 9.21. The zero-order valence-electron chi connectivity index (χ0n) is 13.6. The van der Waals surface area contributed by atoms with Gasteiger partial charge in [0.05, 0.1) is 20.3 Å². The molecule has 124 valence electrons. The van der Waals surface area contributed by atoms with Crippen LogP contribution < -0.4 is 20.1 Å². The van der Waals surface area contributed by atoms with Crippen molar-refractivity contribution in [2.24, 2.45) is 0 Å². The van der Waals surface area contributed by atoms with Crippen molar-refractivity contribution >= 4 is 23.3 Å². The number of anilines is 1. The van der Waals surface area contributed by atoms with Crippen LogP contribution in [-0.4, -0.2) is 35.8 Å². The fourth-order valence-corrected chi connectivity index (χ4v) is 2.12. The number of nitrogens with zero attached hydrogens (tertiary/aromatic N) is 2. The topological polar surface area (TPSA) is 68.3 Å². The summed E-state index contributed by atoms with van der Waals surface area (Å²) in [7, 11) is 3.08. The van der Waals surface area contributed by atoms with Gasteiger partial charge in [-0.1, -0.05) is 39.0 Å². The molecule has 7 heteroatoms. The van der Waals surface area contributed by atoms with Crippen molar-refractivity contribution in [1.29, 1.82) is 0 Å². The van der Waals surface area contributed by atoms with Gasteiger partial charge in [-0.25, -0.2) is 0 Å². The molecular weight excluding hydrogens is 300 g/mol. The number of aromatic nitrogens is 2. The fraction of sp³-hybridized carbons (Fsp3) is 0.667. The second-order valence-corrected chi connectivity index (χ2v) is 5.33. The Hall–Kier alpha value is -1.63. The lowest BCUT2D eigenvalue weighted by Gasteiger charge is -2.11. The SMILES string of the molecule is CCCCCCCCNC(=S)Nc1nc(OC)cc(OC)n1. The molecule has 0 unspecified atom stereocenters. The van der Waals surface area contributed by atoms with E-state index in [0.717, 1.165) is 13.0 Å². The van der Waals surface area contributed by atoms with E-state index in [0.29, 0.717) is 22.8 Å². The molecule has 0 spiro atoms. The van der Waals surface area contributed by atoms with E-state index >= 15 is 0 Å². The van der Waals surface area contributed by atoms with E-state index in [2.05, 4.69) is 27.5 Å². The lowest BCUT2D eigenvalue weighted by atomic mass is 10.1. The third-order valence-electron chi connectivity index (χ3n) is 3.14. The lowest BCUT2D eigenvalue weighted by molar-refractivity contribution is 0.373. The number of hydrogen-bond acceptors (Lipinski definition) is 5. The summed E-state index contributed by atoms with van der Waals surface area (Å²) in [6, 6.07) is 1.61. The minimum atomic E-state index is 0.358. The van der Waals surface area contributed by atoms with Gasteiger partial charge in [0.25, 0.3) is 0 Å². The average molecular weight is 326 g/mol. The Balaban J connectivity index is 2.30. The highest BCUT2D eigenvalue weighted by Crippen LogP contribution is 2.17. The molecule has 1 heterocycles. The number of unbranched alkanes of at least 4 members (excludes halogenated alkanes) is 5. The molecule has 22 heavy (non-hydrogen) atoms. The van der Waals surface area contributed by atoms with E-state index in [-0.39, 0.29) is 0 Å². The fourth-order valence-electron chi connectivity index (χ4n) is 1.92. The Labute approximate surface area is 138 Å². The Morgan fingerprint density at radius 1 is 1.05 bits per heavy atom. The average Bonchev–Trinajstić information content (AvgIpc) is 2.53. The number of nitrogens with one attached hydrogen (secondary N) is 2. The summed E-state index contributed by atoms with van der Waals surface area (Å²) >= 11 is 5.23. The van der Waals surface area contributed by atoms with E-state index in [4.69, 9.17) is 21.7 Å². The van der Waals surface area contributed by atoms with E-state index < -0.39 is 0 Å². The molecule has 0 atom stereocenters. The molecule has 0 aliphatic carbocycles. The second kappa shape index (κ2) is 11.0. The number of thiocarbonyl (C=S) groups is 1. The van der Waals surface area contributed by atoms with Gasteiger partial charge >= 0.3 is 0 Å². The predicted octanol–water partition coefficient (Wildman–Crippen LogP) is 3.14. The lowest BCUT2D eigenvalue weighted by Crippen LogP contribution is -2.30. The Morgan fingerprint density at radius 2 is 1.64 bits per heavy atom. The van der Waals surface area contributed by atoms with Crippen LogP contribution in [0.25, 0.3) is 0 Å².